The first kappa shape index (κ1) is 16.7. The summed E-state index contributed by atoms with van der Waals surface area (Å²) < 4.78 is 0. The molecule has 1 saturated heterocycles. The number of halogens is 1. The van der Waals surface area contributed by atoms with E-state index in [4.69, 9.17) is 5.73 Å². The summed E-state index contributed by atoms with van der Waals surface area (Å²) in [6, 6.07) is -0.381. The van der Waals surface area contributed by atoms with Gasteiger partial charge >= 0.3 is 0 Å². The molecular formula is C13H27ClN2O. The second kappa shape index (κ2) is 6.05. The van der Waals surface area contributed by atoms with E-state index in [0.717, 1.165) is 25.4 Å². The van der Waals surface area contributed by atoms with Crippen molar-refractivity contribution in [3.8, 4) is 0 Å². The van der Waals surface area contributed by atoms with Crippen LogP contribution in [0.15, 0.2) is 0 Å². The van der Waals surface area contributed by atoms with Gasteiger partial charge in [-0.3, -0.25) is 4.79 Å². The van der Waals surface area contributed by atoms with E-state index in [0.29, 0.717) is 5.92 Å². The fourth-order valence-electron chi connectivity index (χ4n) is 2.03. The van der Waals surface area contributed by atoms with Gasteiger partial charge in [-0.15, -0.1) is 12.4 Å². The summed E-state index contributed by atoms with van der Waals surface area (Å²) in [4.78, 5) is 14.1. The van der Waals surface area contributed by atoms with Gasteiger partial charge in [-0.1, -0.05) is 34.6 Å². The number of amides is 1. The normalized spacial score (nSPS) is 27.3. The predicted octanol–water partition coefficient (Wildman–Crippen LogP) is 2.29. The van der Waals surface area contributed by atoms with Crippen LogP contribution in [0.4, 0.5) is 0 Å². The highest BCUT2D eigenvalue weighted by Crippen LogP contribution is 2.25. The molecule has 1 amide bonds. The molecule has 1 fully saturated rings. The molecule has 1 heterocycles. The molecule has 0 radical (unpaired) electrons. The smallest absolute Gasteiger partial charge is 0.240 e. The standard InChI is InChI=1S/C13H26N2O.ClH/c1-9-6-7-15(8-10(9)2)12(16)11(14)13(3,4)5;/h9-11H,6-8,14H2,1-5H3;1H/t9?,10?,11-;/m1./s1. The number of likely N-dealkylation sites (tertiary alicyclic amines) is 1. The van der Waals surface area contributed by atoms with Gasteiger partial charge in [-0.2, -0.15) is 0 Å². The molecule has 0 aromatic carbocycles. The first-order valence-electron chi connectivity index (χ1n) is 6.28. The summed E-state index contributed by atoms with van der Waals surface area (Å²) in [7, 11) is 0. The van der Waals surface area contributed by atoms with E-state index in [1.54, 1.807) is 0 Å². The summed E-state index contributed by atoms with van der Waals surface area (Å²) in [6.45, 7) is 12.3. The Hall–Kier alpha value is -0.280. The van der Waals surface area contributed by atoms with Crippen molar-refractivity contribution in [1.82, 2.24) is 4.90 Å². The minimum atomic E-state index is -0.381. The van der Waals surface area contributed by atoms with Crippen LogP contribution in [0.2, 0.25) is 0 Å². The Labute approximate surface area is 112 Å². The van der Waals surface area contributed by atoms with Gasteiger partial charge in [0.1, 0.15) is 0 Å². The molecule has 1 rings (SSSR count). The number of carbonyl (C=O) groups excluding carboxylic acids is 1. The van der Waals surface area contributed by atoms with Crippen LogP contribution in [0.1, 0.15) is 41.0 Å². The minimum absolute atomic E-state index is 0. The highest BCUT2D eigenvalue weighted by molar-refractivity contribution is 5.85. The highest BCUT2D eigenvalue weighted by Gasteiger charge is 2.33. The van der Waals surface area contributed by atoms with Crippen LogP contribution in [0.25, 0.3) is 0 Å². The second-order valence-corrected chi connectivity index (χ2v) is 6.37. The van der Waals surface area contributed by atoms with Crippen LogP contribution in [0, 0.1) is 17.3 Å². The lowest BCUT2D eigenvalue weighted by molar-refractivity contribution is -0.137. The quantitative estimate of drug-likeness (QED) is 0.788. The monoisotopic (exact) mass is 262 g/mol. The van der Waals surface area contributed by atoms with Gasteiger partial charge in [0.15, 0.2) is 0 Å². The third kappa shape index (κ3) is 4.14. The number of nitrogens with two attached hydrogens (primary N) is 1. The number of hydrogen-bond donors (Lipinski definition) is 1. The van der Waals surface area contributed by atoms with Crippen molar-refractivity contribution in [1.29, 1.82) is 0 Å². The Morgan fingerprint density at radius 2 is 1.82 bits per heavy atom. The minimum Gasteiger partial charge on any atom is -0.341 e. The summed E-state index contributed by atoms with van der Waals surface area (Å²) in [6.07, 6.45) is 1.10. The van der Waals surface area contributed by atoms with Crippen LogP contribution in [0.3, 0.4) is 0 Å². The largest absolute Gasteiger partial charge is 0.341 e. The SMILES string of the molecule is CC1CCN(C(=O)[C@@H](N)C(C)(C)C)CC1C.Cl. The number of rotatable bonds is 1. The van der Waals surface area contributed by atoms with Crippen molar-refractivity contribution in [2.75, 3.05) is 13.1 Å². The lowest BCUT2D eigenvalue weighted by atomic mass is 9.84. The Bertz CT molecular complexity index is 263. The lowest BCUT2D eigenvalue weighted by Crippen LogP contribution is -2.53. The third-order valence-electron chi connectivity index (χ3n) is 3.84. The van der Waals surface area contributed by atoms with E-state index in [-0.39, 0.29) is 29.8 Å². The summed E-state index contributed by atoms with van der Waals surface area (Å²) >= 11 is 0. The summed E-state index contributed by atoms with van der Waals surface area (Å²) in [5, 5.41) is 0. The maximum atomic E-state index is 12.2. The topological polar surface area (TPSA) is 46.3 Å². The Morgan fingerprint density at radius 3 is 2.24 bits per heavy atom. The van der Waals surface area contributed by atoms with Crippen molar-refractivity contribution in [2.45, 2.75) is 47.1 Å². The van der Waals surface area contributed by atoms with E-state index in [1.165, 1.54) is 0 Å². The zero-order chi connectivity index (χ0) is 12.5. The molecule has 2 unspecified atom stereocenters. The van der Waals surface area contributed by atoms with Gasteiger partial charge in [0, 0.05) is 13.1 Å². The number of nitrogens with zero attached hydrogens (tertiary/aromatic N) is 1. The molecule has 102 valence electrons. The Balaban J connectivity index is 0.00000256. The molecule has 0 spiro atoms. The first-order chi connectivity index (χ1) is 7.23. The van der Waals surface area contributed by atoms with Crippen molar-refractivity contribution in [3.63, 3.8) is 0 Å². The molecule has 0 aromatic heterocycles. The average molecular weight is 263 g/mol. The zero-order valence-electron chi connectivity index (χ0n) is 11.7. The number of piperidine rings is 1. The maximum Gasteiger partial charge on any atom is 0.240 e. The van der Waals surface area contributed by atoms with E-state index in [2.05, 4.69) is 13.8 Å². The number of carbonyl (C=O) groups is 1. The fraction of sp³-hybridized carbons (Fsp3) is 0.923. The molecular weight excluding hydrogens is 236 g/mol. The molecule has 0 saturated carbocycles. The summed E-state index contributed by atoms with van der Waals surface area (Å²) in [5.74, 6) is 1.42. The van der Waals surface area contributed by atoms with Crippen LogP contribution in [-0.2, 0) is 4.79 Å². The molecule has 0 aromatic rings. The average Bonchev–Trinajstić information content (AvgIpc) is 2.18. The molecule has 0 bridgehead atoms. The Morgan fingerprint density at radius 1 is 1.29 bits per heavy atom. The summed E-state index contributed by atoms with van der Waals surface area (Å²) in [5.41, 5.74) is 5.86. The first-order valence-corrected chi connectivity index (χ1v) is 6.28. The van der Waals surface area contributed by atoms with Crippen molar-refractivity contribution >= 4 is 18.3 Å². The highest BCUT2D eigenvalue weighted by atomic mass is 35.5. The van der Waals surface area contributed by atoms with Crippen molar-refractivity contribution < 1.29 is 4.79 Å². The molecule has 17 heavy (non-hydrogen) atoms. The molecule has 4 heteroatoms. The molecule has 3 atom stereocenters. The van der Waals surface area contributed by atoms with Gasteiger partial charge in [0.05, 0.1) is 6.04 Å². The van der Waals surface area contributed by atoms with E-state index in [9.17, 15) is 4.79 Å². The molecule has 1 aliphatic rings. The molecule has 0 aliphatic carbocycles. The fourth-order valence-corrected chi connectivity index (χ4v) is 2.03. The maximum absolute atomic E-state index is 12.2. The van der Waals surface area contributed by atoms with Crippen LogP contribution >= 0.6 is 12.4 Å². The van der Waals surface area contributed by atoms with Crippen molar-refractivity contribution in [3.05, 3.63) is 0 Å². The molecule has 2 N–H and O–H groups in total. The van der Waals surface area contributed by atoms with Gasteiger partial charge in [0.2, 0.25) is 5.91 Å². The predicted molar refractivity (Wildman–Crippen MR) is 74.2 cm³/mol. The van der Waals surface area contributed by atoms with Crippen LogP contribution < -0.4 is 5.73 Å². The van der Waals surface area contributed by atoms with E-state index < -0.39 is 0 Å². The van der Waals surface area contributed by atoms with Gasteiger partial charge in [0.25, 0.3) is 0 Å². The zero-order valence-corrected chi connectivity index (χ0v) is 12.5. The van der Waals surface area contributed by atoms with E-state index in [1.807, 2.05) is 25.7 Å². The lowest BCUT2D eigenvalue weighted by Gasteiger charge is -2.38. The van der Waals surface area contributed by atoms with Gasteiger partial charge in [-0.05, 0) is 23.7 Å². The van der Waals surface area contributed by atoms with Crippen molar-refractivity contribution in [2.24, 2.45) is 23.0 Å². The number of hydrogen-bond acceptors (Lipinski definition) is 2. The van der Waals surface area contributed by atoms with Crippen LogP contribution in [0.5, 0.6) is 0 Å². The molecule has 3 nitrogen and oxygen atoms in total. The van der Waals surface area contributed by atoms with Crippen LogP contribution in [-0.4, -0.2) is 29.9 Å². The van der Waals surface area contributed by atoms with Gasteiger partial charge < -0.3 is 10.6 Å². The van der Waals surface area contributed by atoms with Gasteiger partial charge in [-0.25, -0.2) is 0 Å². The molecule has 1 aliphatic heterocycles. The Kier molecular flexibility index (Phi) is 5.95. The second-order valence-electron chi connectivity index (χ2n) is 6.37. The third-order valence-corrected chi connectivity index (χ3v) is 3.84. The van der Waals surface area contributed by atoms with E-state index >= 15 is 0 Å².